The maximum Gasteiger partial charge on any atom is -0.0264 e. The third-order valence-corrected chi connectivity index (χ3v) is 5.27. The van der Waals surface area contributed by atoms with Crippen molar-refractivity contribution in [3.05, 3.63) is 0 Å². The highest BCUT2D eigenvalue weighted by Gasteiger charge is 2.01. The monoisotopic (exact) mass is 394 g/mol. The topological polar surface area (TPSA) is 0 Å². The first-order valence-electron chi connectivity index (χ1n) is 10.1. The molecule has 2 atom stereocenters. The van der Waals surface area contributed by atoms with Gasteiger partial charge >= 0.3 is 0 Å². The lowest BCUT2D eigenvalue weighted by molar-refractivity contribution is 0.529. The molecule has 0 saturated carbocycles. The maximum absolute atomic E-state index is 3.05. The molecule has 0 aliphatic heterocycles. The summed E-state index contributed by atoms with van der Waals surface area (Å²) in [5.41, 5.74) is 0.887. The lowest BCUT2D eigenvalue weighted by Gasteiger charge is -2.09. The summed E-state index contributed by atoms with van der Waals surface area (Å²) in [7, 11) is 3.05. The second kappa shape index (κ2) is 21.9. The summed E-state index contributed by atoms with van der Waals surface area (Å²) in [4.78, 5) is 0. The van der Waals surface area contributed by atoms with Gasteiger partial charge in [0.05, 0.1) is 0 Å². The largest absolute Gasteiger partial charge is 0.134 e. The fourth-order valence-corrected chi connectivity index (χ4v) is 3.51. The molecular weight excluding hydrogens is 351 g/mol. The van der Waals surface area contributed by atoms with Crippen molar-refractivity contribution in [2.45, 2.75) is 129 Å². The highest BCUT2D eigenvalue weighted by molar-refractivity contribution is 8.93. The maximum atomic E-state index is 3.05. The first kappa shape index (κ1) is 25.2. The Hall–Kier alpha value is 0.910. The Kier molecular flexibility index (Phi) is 25.1. The van der Waals surface area contributed by atoms with Crippen LogP contribution in [-0.2, 0) is 0 Å². The Morgan fingerprint density at radius 3 is 1.23 bits per heavy atom. The zero-order chi connectivity index (χ0) is 15.6. The van der Waals surface area contributed by atoms with E-state index in [4.69, 9.17) is 0 Å². The van der Waals surface area contributed by atoms with E-state index >= 15 is 0 Å². The van der Waals surface area contributed by atoms with Crippen LogP contribution in [0, 0.1) is 0 Å². The van der Waals surface area contributed by atoms with Crippen LogP contribution < -0.4 is 0 Å². The molecule has 0 radical (unpaired) electrons. The second-order valence-electron chi connectivity index (χ2n) is 6.93. The molecule has 0 saturated heterocycles. The van der Waals surface area contributed by atoms with Gasteiger partial charge in [0.15, 0.2) is 0 Å². The fourth-order valence-electron chi connectivity index (χ4n) is 3.03. The van der Waals surface area contributed by atoms with Gasteiger partial charge in [-0.3, -0.25) is 0 Å². The zero-order valence-electron chi connectivity index (χ0n) is 15.6. The molecule has 0 spiro atoms. The normalized spacial score (nSPS) is 12.1. The Balaban J connectivity index is 0. The number of halogens is 1. The van der Waals surface area contributed by atoms with Gasteiger partial charge in [-0.25, -0.2) is 0 Å². The number of unbranched alkanes of at least 4 members (excludes halogenated alkanes) is 13. The third kappa shape index (κ3) is 20.9. The van der Waals surface area contributed by atoms with E-state index in [0.717, 1.165) is 5.66 Å². The quantitative estimate of drug-likeness (QED) is 0.171. The van der Waals surface area contributed by atoms with E-state index in [-0.39, 0.29) is 17.0 Å². The summed E-state index contributed by atoms with van der Waals surface area (Å²) in [6.45, 7) is 4.59. The molecule has 0 bridgehead atoms. The molecule has 0 aromatic carbocycles. The van der Waals surface area contributed by atoms with E-state index in [1.54, 1.807) is 0 Å². The SMILES string of the molecule is Br.CCCCCCCCCCCCCCCC(P)CCCC. The van der Waals surface area contributed by atoms with E-state index < -0.39 is 0 Å². The predicted molar refractivity (Wildman–Crippen MR) is 114 cm³/mol. The van der Waals surface area contributed by atoms with Crippen LogP contribution in [-0.4, -0.2) is 5.66 Å². The molecule has 2 unspecified atom stereocenters. The van der Waals surface area contributed by atoms with Gasteiger partial charge in [-0.2, -0.15) is 0 Å². The summed E-state index contributed by atoms with van der Waals surface area (Å²) in [5, 5.41) is 0. The minimum Gasteiger partial charge on any atom is -0.134 e. The van der Waals surface area contributed by atoms with Gasteiger partial charge in [0.25, 0.3) is 0 Å². The molecule has 22 heavy (non-hydrogen) atoms. The summed E-state index contributed by atoms with van der Waals surface area (Å²) in [5.74, 6) is 0. The standard InChI is InChI=1S/C20H43P.BrH/c1-3-5-7-8-9-10-11-12-13-14-15-16-17-19-20(21)18-6-4-2;/h20H,3-19,21H2,1-2H3;1H. The smallest absolute Gasteiger partial charge is 0.0264 e. The number of rotatable bonds is 17. The van der Waals surface area contributed by atoms with Crippen LogP contribution in [0.5, 0.6) is 0 Å². The van der Waals surface area contributed by atoms with Crippen LogP contribution >= 0.6 is 26.2 Å². The summed E-state index contributed by atoms with van der Waals surface area (Å²) in [6, 6.07) is 0. The highest BCUT2D eigenvalue weighted by atomic mass is 79.9. The zero-order valence-corrected chi connectivity index (χ0v) is 18.5. The molecule has 0 fully saturated rings. The van der Waals surface area contributed by atoms with E-state index in [0.29, 0.717) is 0 Å². The molecular formula is C20H44BrP. The van der Waals surface area contributed by atoms with Crippen molar-refractivity contribution in [3.63, 3.8) is 0 Å². The molecule has 0 aliphatic rings. The summed E-state index contributed by atoms with van der Waals surface area (Å²) in [6.07, 6.45) is 24.6. The van der Waals surface area contributed by atoms with E-state index in [2.05, 4.69) is 23.1 Å². The molecule has 0 heterocycles. The highest BCUT2D eigenvalue weighted by Crippen LogP contribution is 2.18. The minimum atomic E-state index is 0. The van der Waals surface area contributed by atoms with Crippen molar-refractivity contribution in [2.24, 2.45) is 0 Å². The van der Waals surface area contributed by atoms with Crippen molar-refractivity contribution >= 4 is 26.2 Å². The first-order valence-corrected chi connectivity index (χ1v) is 10.7. The van der Waals surface area contributed by atoms with E-state index in [1.165, 1.54) is 109 Å². The van der Waals surface area contributed by atoms with Crippen LogP contribution in [0.2, 0.25) is 0 Å². The van der Waals surface area contributed by atoms with Crippen LogP contribution in [0.15, 0.2) is 0 Å². The van der Waals surface area contributed by atoms with Crippen molar-refractivity contribution in [3.8, 4) is 0 Å². The van der Waals surface area contributed by atoms with Crippen molar-refractivity contribution in [1.29, 1.82) is 0 Å². The molecule has 0 nitrogen and oxygen atoms in total. The van der Waals surface area contributed by atoms with Crippen LogP contribution in [0.1, 0.15) is 123 Å². The Labute approximate surface area is 155 Å². The Morgan fingerprint density at radius 1 is 0.500 bits per heavy atom. The predicted octanol–water partition coefficient (Wildman–Crippen LogP) is 8.48. The van der Waals surface area contributed by atoms with Crippen molar-refractivity contribution in [2.75, 3.05) is 0 Å². The molecule has 0 aromatic heterocycles. The molecule has 2 heteroatoms. The molecule has 0 aromatic rings. The molecule has 0 rings (SSSR count). The molecule has 136 valence electrons. The Bertz CT molecular complexity index is 185. The average molecular weight is 395 g/mol. The summed E-state index contributed by atoms with van der Waals surface area (Å²) < 4.78 is 0. The van der Waals surface area contributed by atoms with E-state index in [9.17, 15) is 0 Å². The summed E-state index contributed by atoms with van der Waals surface area (Å²) >= 11 is 0. The third-order valence-electron chi connectivity index (χ3n) is 4.61. The average Bonchev–Trinajstić information content (AvgIpc) is 2.49. The van der Waals surface area contributed by atoms with Gasteiger partial charge in [-0.05, 0) is 18.5 Å². The molecule has 0 aliphatic carbocycles. The van der Waals surface area contributed by atoms with Gasteiger partial charge in [0.1, 0.15) is 0 Å². The van der Waals surface area contributed by atoms with Gasteiger partial charge in [0.2, 0.25) is 0 Å². The minimum absolute atomic E-state index is 0. The van der Waals surface area contributed by atoms with Crippen molar-refractivity contribution < 1.29 is 0 Å². The van der Waals surface area contributed by atoms with Gasteiger partial charge < -0.3 is 0 Å². The molecule has 0 N–H and O–H groups in total. The first-order chi connectivity index (χ1) is 10.3. The van der Waals surface area contributed by atoms with E-state index in [1.807, 2.05) is 0 Å². The van der Waals surface area contributed by atoms with Crippen LogP contribution in [0.3, 0.4) is 0 Å². The van der Waals surface area contributed by atoms with Crippen LogP contribution in [0.4, 0.5) is 0 Å². The van der Waals surface area contributed by atoms with Gasteiger partial charge in [0, 0.05) is 0 Å². The van der Waals surface area contributed by atoms with Crippen molar-refractivity contribution in [1.82, 2.24) is 0 Å². The van der Waals surface area contributed by atoms with Gasteiger partial charge in [-0.1, -0.05) is 110 Å². The Morgan fingerprint density at radius 2 is 0.818 bits per heavy atom. The second-order valence-corrected chi connectivity index (χ2v) is 7.88. The molecule has 0 amide bonds. The lowest BCUT2D eigenvalue weighted by atomic mass is 10.0. The lowest BCUT2D eigenvalue weighted by Crippen LogP contribution is -1.97. The number of hydrogen-bond donors (Lipinski definition) is 0. The van der Waals surface area contributed by atoms with Gasteiger partial charge in [-0.15, -0.1) is 26.2 Å². The fraction of sp³-hybridized carbons (Fsp3) is 1.00. The van der Waals surface area contributed by atoms with Crippen LogP contribution in [0.25, 0.3) is 0 Å². The number of hydrogen-bond acceptors (Lipinski definition) is 0.